The van der Waals surface area contributed by atoms with Crippen molar-refractivity contribution in [3.05, 3.63) is 59.7 Å². The monoisotopic (exact) mass is 456 g/mol. The molecule has 0 radical (unpaired) electrons. The molecule has 0 aliphatic rings. The first-order chi connectivity index (χ1) is 13.8. The van der Waals surface area contributed by atoms with Crippen LogP contribution in [0, 0.1) is 0 Å². The highest BCUT2D eigenvalue weighted by molar-refractivity contribution is 7.89. The quantitative estimate of drug-likeness (QED) is 0.540. The Kier molecular flexibility index (Phi) is 6.60. The van der Waals surface area contributed by atoms with Crippen molar-refractivity contribution in [3.8, 4) is 11.1 Å². The maximum absolute atomic E-state index is 14.3. The van der Waals surface area contributed by atoms with Gasteiger partial charge < -0.3 is 4.57 Å². The predicted molar refractivity (Wildman–Crippen MR) is 114 cm³/mol. The molecule has 154 valence electrons. The van der Waals surface area contributed by atoms with Crippen LogP contribution in [-0.4, -0.2) is 42.9 Å². The number of rotatable bonds is 7. The summed E-state index contributed by atoms with van der Waals surface area (Å²) in [5.41, 5.74) is 2.31. The zero-order valence-electron chi connectivity index (χ0n) is 15.7. The van der Waals surface area contributed by atoms with Crippen molar-refractivity contribution < 1.29 is 12.8 Å². The zero-order valence-corrected chi connectivity index (χ0v) is 18.1. The maximum atomic E-state index is 14.3. The van der Waals surface area contributed by atoms with E-state index < -0.39 is 15.9 Å². The van der Waals surface area contributed by atoms with Crippen LogP contribution in [0.4, 0.5) is 4.39 Å². The van der Waals surface area contributed by atoms with Gasteiger partial charge in [0.15, 0.2) is 0 Å². The fraction of sp³-hybridized carbons (Fsp3) is 0.211. The second-order valence-corrected chi connectivity index (χ2v) is 9.20. The van der Waals surface area contributed by atoms with E-state index in [-0.39, 0.29) is 23.1 Å². The summed E-state index contributed by atoms with van der Waals surface area (Å²) in [5.74, 6) is -0.420. The van der Waals surface area contributed by atoms with Crippen LogP contribution in [0.1, 0.15) is 0 Å². The molecule has 0 atom stereocenters. The lowest BCUT2D eigenvalue weighted by molar-refractivity contribution is 0.521. The van der Waals surface area contributed by atoms with Crippen LogP contribution in [0.5, 0.6) is 0 Å². The summed E-state index contributed by atoms with van der Waals surface area (Å²) in [4.78, 5) is 6.86. The van der Waals surface area contributed by atoms with E-state index in [0.717, 1.165) is 4.31 Å². The van der Waals surface area contributed by atoms with Gasteiger partial charge in [0.1, 0.15) is 11.0 Å². The lowest BCUT2D eigenvalue weighted by Gasteiger charge is -2.12. The van der Waals surface area contributed by atoms with Crippen molar-refractivity contribution in [1.29, 1.82) is 0 Å². The number of pyridine rings is 1. The number of nitrogens with one attached hydrogen (secondary N) is 1. The molecule has 0 aliphatic carbocycles. The number of nitrogens with zero attached hydrogens (tertiary/aromatic N) is 3. The normalized spacial score (nSPS) is 12.8. The van der Waals surface area contributed by atoms with E-state index in [1.54, 1.807) is 41.1 Å². The van der Waals surface area contributed by atoms with Gasteiger partial charge in [0.2, 0.25) is 10.0 Å². The molecule has 0 saturated carbocycles. The van der Waals surface area contributed by atoms with Crippen LogP contribution in [0.15, 0.2) is 59.4 Å². The van der Waals surface area contributed by atoms with Crippen molar-refractivity contribution in [2.24, 2.45) is 0 Å². The Hall–Kier alpha value is -1.97. The van der Waals surface area contributed by atoms with Gasteiger partial charge in [-0.25, -0.2) is 21.9 Å². The zero-order chi connectivity index (χ0) is 21.2. The summed E-state index contributed by atoms with van der Waals surface area (Å²) in [6.07, 6.45) is 2.92. The Morgan fingerprint density at radius 3 is 2.76 bits per heavy atom. The highest BCUT2D eigenvalue weighted by atomic mass is 35.5. The number of benzene rings is 1. The third kappa shape index (κ3) is 4.31. The second-order valence-electron chi connectivity index (χ2n) is 6.43. The Balaban J connectivity index is 2.18. The molecule has 0 unspecified atom stereocenters. The number of halogens is 3. The van der Waals surface area contributed by atoms with E-state index in [4.69, 9.17) is 23.4 Å². The lowest BCUT2D eigenvalue weighted by Crippen LogP contribution is -2.22. The molecule has 2 aromatic heterocycles. The largest absolute Gasteiger partial charge is 0.323 e. The molecule has 1 aromatic carbocycles. The van der Waals surface area contributed by atoms with Crippen LogP contribution in [0.2, 0.25) is 5.15 Å². The molecule has 0 spiro atoms. The first-order valence-electron chi connectivity index (χ1n) is 8.61. The molecular weight excluding hydrogens is 438 g/mol. The molecular formula is C19H19Cl2FN4O2S. The highest BCUT2D eigenvalue weighted by Crippen LogP contribution is 2.38. The molecule has 0 amide bonds. The minimum Gasteiger partial charge on any atom is -0.323 e. The molecule has 0 aliphatic heterocycles. The fourth-order valence-electron chi connectivity index (χ4n) is 2.94. The molecule has 2 heterocycles. The van der Waals surface area contributed by atoms with Gasteiger partial charge in [0, 0.05) is 32.4 Å². The van der Waals surface area contributed by atoms with Gasteiger partial charge in [-0.3, -0.25) is 4.98 Å². The number of aromatic nitrogens is 2. The van der Waals surface area contributed by atoms with Crippen LogP contribution >= 0.6 is 23.4 Å². The molecule has 6 nitrogen and oxygen atoms in total. The summed E-state index contributed by atoms with van der Waals surface area (Å²) in [6.45, 7) is 0.0645. The van der Waals surface area contributed by atoms with Gasteiger partial charge in [0.25, 0.3) is 0 Å². The van der Waals surface area contributed by atoms with Crippen LogP contribution in [0.25, 0.3) is 22.2 Å². The first kappa shape index (κ1) is 21.7. The van der Waals surface area contributed by atoms with Gasteiger partial charge in [-0.1, -0.05) is 23.7 Å². The molecule has 0 saturated heterocycles. The average molecular weight is 457 g/mol. The standard InChI is InChI=1S/C19H19Cl2FN4O2S/c1-25(2)29(27,28)15-6-3-5-13(11-15)17-18-16(7-4-9-23-18)26(19(17)20)12-14(22)8-10-24-21/h3-9,11,24H,10,12H2,1-2H3/b14-8-. The topological polar surface area (TPSA) is 67.2 Å². The number of allylic oxidation sites excluding steroid dienone is 1. The predicted octanol–water partition coefficient (Wildman–Crippen LogP) is 4.20. The number of fused-ring (bicyclic) bond motifs is 1. The third-order valence-corrected chi connectivity index (χ3v) is 6.73. The van der Waals surface area contributed by atoms with Crippen molar-refractivity contribution in [1.82, 2.24) is 18.7 Å². The third-order valence-electron chi connectivity index (χ3n) is 4.37. The van der Waals surface area contributed by atoms with E-state index in [1.807, 2.05) is 0 Å². The van der Waals surface area contributed by atoms with Crippen LogP contribution < -0.4 is 4.84 Å². The second kappa shape index (κ2) is 8.81. The van der Waals surface area contributed by atoms with Crippen LogP contribution in [0.3, 0.4) is 0 Å². The number of hydrogen-bond acceptors (Lipinski definition) is 4. The van der Waals surface area contributed by atoms with E-state index in [1.165, 1.54) is 26.2 Å². The molecule has 3 aromatic rings. The number of hydrogen-bond donors (Lipinski definition) is 1. The highest BCUT2D eigenvalue weighted by Gasteiger charge is 2.22. The van der Waals surface area contributed by atoms with Gasteiger partial charge in [-0.15, -0.1) is 0 Å². The van der Waals surface area contributed by atoms with Crippen LogP contribution in [-0.2, 0) is 16.6 Å². The summed E-state index contributed by atoms with van der Waals surface area (Å²) in [6, 6.07) is 9.96. The first-order valence-corrected chi connectivity index (χ1v) is 10.8. The van der Waals surface area contributed by atoms with Crippen molar-refractivity contribution in [3.63, 3.8) is 0 Å². The van der Waals surface area contributed by atoms with Crippen molar-refractivity contribution in [2.45, 2.75) is 11.4 Å². The smallest absolute Gasteiger partial charge is 0.242 e. The fourth-order valence-corrected chi connectivity index (χ4v) is 4.32. The summed E-state index contributed by atoms with van der Waals surface area (Å²) in [5, 5.41) is 0.264. The number of sulfonamides is 1. The molecule has 0 fully saturated rings. The van der Waals surface area contributed by atoms with Crippen molar-refractivity contribution >= 4 is 44.4 Å². The maximum Gasteiger partial charge on any atom is 0.242 e. The Labute approximate surface area is 178 Å². The van der Waals surface area contributed by atoms with E-state index in [2.05, 4.69) is 9.82 Å². The summed E-state index contributed by atoms with van der Waals surface area (Å²) in [7, 11) is -0.691. The van der Waals surface area contributed by atoms with Gasteiger partial charge >= 0.3 is 0 Å². The average Bonchev–Trinajstić information content (AvgIpc) is 2.98. The molecule has 0 bridgehead atoms. The molecule has 29 heavy (non-hydrogen) atoms. The van der Waals surface area contributed by atoms with Gasteiger partial charge in [0.05, 0.1) is 22.5 Å². The SMILES string of the molecule is CN(C)S(=O)(=O)c1cccc(-c2c(Cl)n(C/C(F)=C/CNCl)c3cccnc23)c1. The molecule has 3 rings (SSSR count). The van der Waals surface area contributed by atoms with Gasteiger partial charge in [-0.2, -0.15) is 0 Å². The summed E-state index contributed by atoms with van der Waals surface area (Å²) >= 11 is 12.0. The van der Waals surface area contributed by atoms with E-state index in [9.17, 15) is 12.8 Å². The summed E-state index contributed by atoms with van der Waals surface area (Å²) < 4.78 is 42.0. The minimum absolute atomic E-state index is 0.102. The Morgan fingerprint density at radius 2 is 2.07 bits per heavy atom. The van der Waals surface area contributed by atoms with E-state index >= 15 is 0 Å². The Morgan fingerprint density at radius 1 is 1.31 bits per heavy atom. The van der Waals surface area contributed by atoms with E-state index in [0.29, 0.717) is 22.2 Å². The lowest BCUT2D eigenvalue weighted by atomic mass is 10.1. The minimum atomic E-state index is -3.62. The molecule has 1 N–H and O–H groups in total. The Bertz CT molecular complexity index is 1180. The molecule has 10 heteroatoms. The van der Waals surface area contributed by atoms with Gasteiger partial charge in [-0.05, 0) is 47.7 Å². The van der Waals surface area contributed by atoms with Crippen molar-refractivity contribution in [2.75, 3.05) is 20.6 Å².